The first-order valence-corrected chi connectivity index (χ1v) is 4.07. The molecule has 0 fully saturated rings. The fourth-order valence-electron chi connectivity index (χ4n) is 1.09. The third-order valence-electron chi connectivity index (χ3n) is 1.86. The van der Waals surface area contributed by atoms with Crippen molar-refractivity contribution in [2.75, 3.05) is 7.11 Å². The molecule has 68 valence electrons. The fraction of sp³-hybridized carbons (Fsp3) is 0.182. The Bertz CT molecular complexity index is 309. The molecule has 1 aromatic carbocycles. The zero-order valence-corrected chi connectivity index (χ0v) is 7.78. The van der Waals surface area contributed by atoms with Gasteiger partial charge in [0.15, 0.2) is 0 Å². The average Bonchev–Trinajstić information content (AvgIpc) is 2.21. The lowest BCUT2D eigenvalue weighted by Crippen LogP contribution is -1.86. The van der Waals surface area contributed by atoms with E-state index in [1.165, 1.54) is 0 Å². The molecule has 2 heteroatoms. The van der Waals surface area contributed by atoms with E-state index >= 15 is 0 Å². The van der Waals surface area contributed by atoms with Crippen molar-refractivity contribution < 1.29 is 9.53 Å². The van der Waals surface area contributed by atoms with Crippen molar-refractivity contribution in [1.29, 1.82) is 0 Å². The van der Waals surface area contributed by atoms with Crippen LogP contribution in [-0.2, 0) is 4.79 Å². The minimum atomic E-state index is 0.697. The molecule has 1 aromatic rings. The molecule has 0 aliphatic carbocycles. The maximum atomic E-state index is 10.6. The van der Waals surface area contributed by atoms with Gasteiger partial charge in [-0.1, -0.05) is 18.2 Å². The Morgan fingerprint density at radius 1 is 1.31 bits per heavy atom. The molecule has 0 bridgehead atoms. The lowest BCUT2D eigenvalue weighted by molar-refractivity contribution is -0.103. The van der Waals surface area contributed by atoms with Gasteiger partial charge in [-0.25, -0.2) is 0 Å². The minimum absolute atomic E-state index is 0.697. The summed E-state index contributed by atoms with van der Waals surface area (Å²) in [6.45, 7) is 1.84. The number of hydrogen-bond donors (Lipinski definition) is 0. The van der Waals surface area contributed by atoms with Gasteiger partial charge in [0.1, 0.15) is 12.0 Å². The molecule has 1 rings (SSSR count). The number of hydrogen-bond acceptors (Lipinski definition) is 2. The Kier molecular flexibility index (Phi) is 3.26. The van der Waals surface area contributed by atoms with Crippen LogP contribution >= 0.6 is 0 Å². The Labute approximate surface area is 77.8 Å². The van der Waals surface area contributed by atoms with Gasteiger partial charge < -0.3 is 4.74 Å². The smallest absolute Gasteiger partial charge is 0.150 e. The minimum Gasteiger partial charge on any atom is -0.497 e. The molecule has 13 heavy (non-hydrogen) atoms. The van der Waals surface area contributed by atoms with E-state index in [0.717, 1.165) is 17.6 Å². The maximum absolute atomic E-state index is 10.6. The first-order chi connectivity index (χ1) is 6.31. The van der Waals surface area contributed by atoms with Crippen LogP contribution in [0.15, 0.2) is 30.3 Å². The maximum Gasteiger partial charge on any atom is 0.150 e. The van der Waals surface area contributed by atoms with Gasteiger partial charge in [0.2, 0.25) is 0 Å². The highest BCUT2D eigenvalue weighted by Crippen LogP contribution is 2.16. The molecule has 0 aliphatic rings. The number of aldehydes is 1. The van der Waals surface area contributed by atoms with Crippen molar-refractivity contribution in [1.82, 2.24) is 0 Å². The molecule has 0 aliphatic heterocycles. The van der Waals surface area contributed by atoms with E-state index in [2.05, 4.69) is 0 Å². The molecule has 0 saturated carbocycles. The lowest BCUT2D eigenvalue weighted by Gasteiger charge is -2.01. The standard InChI is InChI=1S/C11H12O2/c1-3-9(8-12)10-4-6-11(13-2)7-5-10/h3-8H,1-2H3. The second-order valence-electron chi connectivity index (χ2n) is 2.59. The molecule has 0 radical (unpaired) electrons. The second-order valence-corrected chi connectivity index (χ2v) is 2.59. The van der Waals surface area contributed by atoms with E-state index < -0.39 is 0 Å². The van der Waals surface area contributed by atoms with E-state index in [-0.39, 0.29) is 0 Å². The van der Waals surface area contributed by atoms with Crippen LogP contribution in [-0.4, -0.2) is 13.4 Å². The summed E-state index contributed by atoms with van der Waals surface area (Å²) < 4.78 is 5.01. The summed E-state index contributed by atoms with van der Waals surface area (Å²) in [5, 5.41) is 0. The van der Waals surface area contributed by atoms with E-state index in [1.54, 1.807) is 13.2 Å². The van der Waals surface area contributed by atoms with E-state index in [0.29, 0.717) is 5.57 Å². The fourth-order valence-corrected chi connectivity index (χ4v) is 1.09. The van der Waals surface area contributed by atoms with E-state index in [1.807, 2.05) is 31.2 Å². The molecule has 0 atom stereocenters. The van der Waals surface area contributed by atoms with Crippen molar-refractivity contribution in [3.63, 3.8) is 0 Å². The van der Waals surface area contributed by atoms with Crippen LogP contribution in [0.25, 0.3) is 5.57 Å². The largest absolute Gasteiger partial charge is 0.497 e. The van der Waals surface area contributed by atoms with Crippen molar-refractivity contribution in [3.8, 4) is 5.75 Å². The van der Waals surface area contributed by atoms with Gasteiger partial charge in [0, 0.05) is 5.57 Å². The summed E-state index contributed by atoms with van der Waals surface area (Å²) in [6, 6.07) is 7.40. The van der Waals surface area contributed by atoms with Crippen molar-refractivity contribution in [2.24, 2.45) is 0 Å². The number of carbonyl (C=O) groups excluding carboxylic acids is 1. The molecule has 0 aromatic heterocycles. The Hall–Kier alpha value is -1.57. The molecule has 2 nitrogen and oxygen atoms in total. The summed E-state index contributed by atoms with van der Waals surface area (Å²) in [5.74, 6) is 0.796. The topological polar surface area (TPSA) is 26.3 Å². The first-order valence-electron chi connectivity index (χ1n) is 4.07. The summed E-state index contributed by atoms with van der Waals surface area (Å²) >= 11 is 0. The van der Waals surface area contributed by atoms with Crippen LogP contribution in [0, 0.1) is 0 Å². The van der Waals surface area contributed by atoms with Gasteiger partial charge in [0.05, 0.1) is 7.11 Å². The third kappa shape index (κ3) is 2.18. The number of allylic oxidation sites excluding steroid dienone is 2. The second kappa shape index (κ2) is 4.45. The van der Waals surface area contributed by atoms with Crippen molar-refractivity contribution >= 4 is 11.9 Å². The molecule has 0 amide bonds. The van der Waals surface area contributed by atoms with Gasteiger partial charge >= 0.3 is 0 Å². The quantitative estimate of drug-likeness (QED) is 0.521. The zero-order chi connectivity index (χ0) is 9.68. The summed E-state index contributed by atoms with van der Waals surface area (Å²) in [4.78, 5) is 10.6. The SMILES string of the molecule is CC=C(C=O)c1ccc(OC)cc1. The molecule has 0 saturated heterocycles. The van der Waals surface area contributed by atoms with Gasteiger partial charge in [-0.3, -0.25) is 4.79 Å². The first kappa shape index (κ1) is 9.52. The lowest BCUT2D eigenvalue weighted by atomic mass is 10.1. The Morgan fingerprint density at radius 3 is 2.31 bits per heavy atom. The highest BCUT2D eigenvalue weighted by atomic mass is 16.5. The summed E-state index contributed by atoms with van der Waals surface area (Å²) in [7, 11) is 1.62. The number of ether oxygens (including phenoxy) is 1. The number of benzene rings is 1. The Morgan fingerprint density at radius 2 is 1.92 bits per heavy atom. The number of rotatable bonds is 3. The van der Waals surface area contributed by atoms with Gasteiger partial charge in [0.25, 0.3) is 0 Å². The van der Waals surface area contributed by atoms with Crippen molar-refractivity contribution in [2.45, 2.75) is 6.92 Å². The predicted molar refractivity (Wildman–Crippen MR) is 52.7 cm³/mol. The van der Waals surface area contributed by atoms with Crippen LogP contribution in [0.1, 0.15) is 12.5 Å². The number of methoxy groups -OCH3 is 1. The van der Waals surface area contributed by atoms with Crippen LogP contribution in [0.3, 0.4) is 0 Å². The van der Waals surface area contributed by atoms with Crippen LogP contribution in [0.2, 0.25) is 0 Å². The zero-order valence-electron chi connectivity index (χ0n) is 7.78. The highest BCUT2D eigenvalue weighted by Gasteiger charge is 1.98. The monoisotopic (exact) mass is 176 g/mol. The highest BCUT2D eigenvalue weighted by molar-refractivity contribution is 6.06. The molecule has 0 spiro atoms. The molecular weight excluding hydrogens is 164 g/mol. The van der Waals surface area contributed by atoms with Crippen LogP contribution < -0.4 is 4.74 Å². The summed E-state index contributed by atoms with van der Waals surface area (Å²) in [6.07, 6.45) is 2.64. The van der Waals surface area contributed by atoms with Gasteiger partial charge in [-0.05, 0) is 24.6 Å². The van der Waals surface area contributed by atoms with Crippen molar-refractivity contribution in [3.05, 3.63) is 35.9 Å². The average molecular weight is 176 g/mol. The van der Waals surface area contributed by atoms with Gasteiger partial charge in [-0.15, -0.1) is 0 Å². The van der Waals surface area contributed by atoms with E-state index in [4.69, 9.17) is 4.74 Å². The van der Waals surface area contributed by atoms with Crippen LogP contribution in [0.5, 0.6) is 5.75 Å². The molecule has 0 unspecified atom stereocenters. The Balaban J connectivity index is 2.97. The third-order valence-corrected chi connectivity index (χ3v) is 1.86. The molecule has 0 heterocycles. The van der Waals surface area contributed by atoms with Crippen LogP contribution in [0.4, 0.5) is 0 Å². The summed E-state index contributed by atoms with van der Waals surface area (Å²) in [5.41, 5.74) is 1.61. The molecule has 0 N–H and O–H groups in total. The van der Waals surface area contributed by atoms with Gasteiger partial charge in [-0.2, -0.15) is 0 Å². The predicted octanol–water partition coefficient (Wildman–Crippen LogP) is 2.30. The van der Waals surface area contributed by atoms with E-state index in [9.17, 15) is 4.79 Å². The molecular formula is C11H12O2. The number of carbonyl (C=O) groups is 1. The normalized spacial score (nSPS) is 11.1.